The molecule has 0 saturated carbocycles. The van der Waals surface area contributed by atoms with Crippen LogP contribution in [0.4, 0.5) is 0 Å². The fourth-order valence-electron chi connectivity index (χ4n) is 0.693. The molecule has 0 aliphatic heterocycles. The number of hydrogen-bond donors (Lipinski definition) is 0. The highest BCUT2D eigenvalue weighted by Crippen LogP contribution is 2.17. The summed E-state index contributed by atoms with van der Waals surface area (Å²) < 4.78 is 0. The van der Waals surface area contributed by atoms with Crippen molar-refractivity contribution in [1.29, 1.82) is 0 Å². The Bertz CT molecular complexity index is 146. The van der Waals surface area contributed by atoms with E-state index in [0.717, 1.165) is 0 Å². The van der Waals surface area contributed by atoms with Gasteiger partial charge in [0.05, 0.1) is 6.20 Å². The fraction of sp³-hybridized carbons (Fsp3) is 0.571. The summed E-state index contributed by atoms with van der Waals surface area (Å²) in [7, 11) is 0.401. The van der Waals surface area contributed by atoms with Gasteiger partial charge in [-0.1, -0.05) is 13.3 Å². The maximum Gasteiger partial charge on any atom is 0.229 e. The van der Waals surface area contributed by atoms with Crippen molar-refractivity contribution in [2.45, 2.75) is 25.5 Å². The predicted molar refractivity (Wildman–Crippen MR) is 41.6 cm³/mol. The van der Waals surface area contributed by atoms with Crippen molar-refractivity contribution in [2.75, 3.05) is 0 Å². The third kappa shape index (κ3) is 2.14. The van der Waals surface area contributed by atoms with E-state index in [2.05, 4.69) is 22.8 Å². The molecule has 1 aromatic heterocycles. The smallest absolute Gasteiger partial charge is 0.208 e. The highest BCUT2D eigenvalue weighted by Gasteiger charge is 1.98. The van der Waals surface area contributed by atoms with E-state index in [1.54, 1.807) is 0 Å². The molecule has 0 bridgehead atoms. The molecular weight excluding hydrogens is 130 g/mol. The second kappa shape index (κ2) is 3.62. The summed E-state index contributed by atoms with van der Waals surface area (Å²) in [4.78, 5) is 4.02. The number of hydrogen-bond acceptors (Lipinski definition) is 1. The van der Waals surface area contributed by atoms with Crippen LogP contribution in [0, 0.1) is 0 Å². The van der Waals surface area contributed by atoms with Gasteiger partial charge in [0, 0.05) is 0 Å². The van der Waals surface area contributed by atoms with Crippen LogP contribution in [-0.4, -0.2) is 4.98 Å². The minimum atomic E-state index is 0.401. The average Bonchev–Trinajstić information content (AvgIpc) is 2.34. The lowest BCUT2D eigenvalue weighted by Crippen LogP contribution is -1.69. The van der Waals surface area contributed by atoms with Gasteiger partial charge < -0.3 is 0 Å². The van der Waals surface area contributed by atoms with Gasteiger partial charge >= 0.3 is 0 Å². The summed E-state index contributed by atoms with van der Waals surface area (Å²) in [5.41, 5.74) is 2.05. The van der Waals surface area contributed by atoms with Crippen LogP contribution in [0.25, 0.3) is 0 Å². The lowest BCUT2D eigenvalue weighted by atomic mass is 10.4. The fourth-order valence-corrected chi connectivity index (χ4v) is 2.08. The van der Waals surface area contributed by atoms with Gasteiger partial charge in [0.15, 0.2) is 5.38 Å². The van der Waals surface area contributed by atoms with Gasteiger partial charge in [-0.25, -0.2) is 4.98 Å². The van der Waals surface area contributed by atoms with E-state index in [-0.39, 0.29) is 0 Å². The van der Waals surface area contributed by atoms with Crippen molar-refractivity contribution in [3.8, 4) is 0 Å². The Hall–Kier alpha value is -0.370. The van der Waals surface area contributed by atoms with E-state index in [0.29, 0.717) is 10.5 Å². The molecule has 1 unspecified atom stereocenters. The summed E-state index contributed by atoms with van der Waals surface area (Å²) in [6, 6.07) is 0. The standard InChI is InChI=1S/C7H12NS/c1-2-3-5-9-6-4-8-7-9/h4,6-7H,2-3,5H2,1H3/q+1. The number of rotatable bonds is 3. The van der Waals surface area contributed by atoms with E-state index in [4.69, 9.17) is 0 Å². The van der Waals surface area contributed by atoms with E-state index >= 15 is 0 Å². The zero-order chi connectivity index (χ0) is 6.53. The maximum absolute atomic E-state index is 4.02. The molecule has 0 N–H and O–H groups in total. The molecule has 0 aliphatic carbocycles. The van der Waals surface area contributed by atoms with Crippen LogP contribution < -0.4 is 0 Å². The van der Waals surface area contributed by atoms with Gasteiger partial charge in [-0.15, -0.1) is 0 Å². The highest BCUT2D eigenvalue weighted by molar-refractivity contribution is 7.27. The van der Waals surface area contributed by atoms with Gasteiger partial charge in [0.25, 0.3) is 0 Å². The summed E-state index contributed by atoms with van der Waals surface area (Å²) in [6.45, 7) is 2.22. The largest absolute Gasteiger partial charge is 0.229 e. The number of aromatic nitrogens is 1. The molecule has 50 valence electrons. The molecular formula is C7H12NS+. The molecule has 0 amide bonds. The second-order valence-corrected chi connectivity index (χ2v) is 3.90. The molecule has 0 fully saturated rings. The lowest BCUT2D eigenvalue weighted by Gasteiger charge is -1.82. The van der Waals surface area contributed by atoms with E-state index in [9.17, 15) is 0 Å². The Morgan fingerprint density at radius 2 is 2.44 bits per heavy atom. The first-order valence-electron chi connectivity index (χ1n) is 3.32. The number of unbranched alkanes of at least 4 members (excludes halogenated alkanes) is 1. The molecule has 0 aliphatic rings. The number of aryl methyl sites for hydroxylation is 1. The first-order chi connectivity index (χ1) is 4.43. The molecule has 1 aromatic rings. The molecule has 0 spiro atoms. The number of nitrogens with zero attached hydrogens (tertiary/aromatic N) is 1. The Kier molecular flexibility index (Phi) is 2.71. The SMILES string of the molecule is CCCC[s+]1ccnc1. The first-order valence-corrected chi connectivity index (χ1v) is 4.84. The Labute approximate surface area is 58.7 Å². The van der Waals surface area contributed by atoms with Crippen molar-refractivity contribution in [1.82, 2.24) is 4.98 Å². The van der Waals surface area contributed by atoms with Gasteiger partial charge in [0.2, 0.25) is 5.51 Å². The highest BCUT2D eigenvalue weighted by atomic mass is 32.2. The van der Waals surface area contributed by atoms with Crippen molar-refractivity contribution >= 4 is 10.5 Å². The first kappa shape index (κ1) is 6.75. The monoisotopic (exact) mass is 142 g/mol. The van der Waals surface area contributed by atoms with Crippen LogP contribution in [0.1, 0.15) is 19.8 Å². The molecule has 9 heavy (non-hydrogen) atoms. The third-order valence-corrected chi connectivity index (χ3v) is 2.88. The van der Waals surface area contributed by atoms with Gasteiger partial charge in [0.1, 0.15) is 5.75 Å². The summed E-state index contributed by atoms with van der Waals surface area (Å²) in [6.07, 6.45) is 4.53. The van der Waals surface area contributed by atoms with Gasteiger partial charge in [-0.3, -0.25) is 0 Å². The minimum absolute atomic E-state index is 0.401. The zero-order valence-corrected chi connectivity index (χ0v) is 6.53. The molecule has 0 saturated heterocycles. The third-order valence-electron chi connectivity index (χ3n) is 1.25. The van der Waals surface area contributed by atoms with Crippen molar-refractivity contribution < 1.29 is 0 Å². The summed E-state index contributed by atoms with van der Waals surface area (Å²) in [5.74, 6) is 1.30. The molecule has 1 rings (SSSR count). The molecule has 0 radical (unpaired) electrons. The Morgan fingerprint density at radius 1 is 1.56 bits per heavy atom. The van der Waals surface area contributed by atoms with Crippen LogP contribution in [0.15, 0.2) is 17.1 Å². The van der Waals surface area contributed by atoms with E-state index in [1.165, 1.54) is 18.6 Å². The van der Waals surface area contributed by atoms with Crippen LogP contribution in [0.3, 0.4) is 0 Å². The predicted octanol–water partition coefficient (Wildman–Crippen LogP) is 2.63. The second-order valence-electron chi connectivity index (χ2n) is 2.07. The van der Waals surface area contributed by atoms with E-state index in [1.807, 2.05) is 6.20 Å². The van der Waals surface area contributed by atoms with Gasteiger partial charge in [-0.2, -0.15) is 0 Å². The summed E-state index contributed by atoms with van der Waals surface area (Å²) in [5, 5.41) is 2.19. The van der Waals surface area contributed by atoms with Crippen LogP contribution in [0.2, 0.25) is 0 Å². The van der Waals surface area contributed by atoms with Crippen LogP contribution in [-0.2, 0) is 5.75 Å². The van der Waals surface area contributed by atoms with E-state index < -0.39 is 0 Å². The van der Waals surface area contributed by atoms with Crippen molar-refractivity contribution in [2.24, 2.45) is 0 Å². The summed E-state index contributed by atoms with van der Waals surface area (Å²) >= 11 is 0. The normalized spacial score (nSPS) is 11.9. The Morgan fingerprint density at radius 3 is 3.00 bits per heavy atom. The maximum atomic E-state index is 4.02. The Balaban J connectivity index is 2.30. The molecule has 1 atom stereocenters. The minimum Gasteiger partial charge on any atom is -0.208 e. The van der Waals surface area contributed by atoms with Crippen molar-refractivity contribution in [3.05, 3.63) is 17.1 Å². The molecule has 1 nitrogen and oxygen atoms in total. The average molecular weight is 142 g/mol. The lowest BCUT2D eigenvalue weighted by molar-refractivity contribution is 0.854. The molecule has 1 heterocycles. The topological polar surface area (TPSA) is 12.9 Å². The molecule has 0 aromatic carbocycles. The zero-order valence-electron chi connectivity index (χ0n) is 5.71. The van der Waals surface area contributed by atoms with Gasteiger partial charge in [-0.05, 0) is 16.9 Å². The van der Waals surface area contributed by atoms with Crippen LogP contribution >= 0.6 is 10.5 Å². The molecule has 2 heteroatoms. The van der Waals surface area contributed by atoms with Crippen LogP contribution in [0.5, 0.6) is 0 Å². The number of thiazole rings is 1. The quantitative estimate of drug-likeness (QED) is 0.591. The van der Waals surface area contributed by atoms with Crippen molar-refractivity contribution in [3.63, 3.8) is 0 Å².